The number of Topliss-reactive ketones (excluding diaryl/α,β-unsaturated/α-hetero) is 1. The van der Waals surface area contributed by atoms with E-state index < -0.39 is 17.7 Å². The number of anilines is 1. The Kier molecular flexibility index (Phi) is 8.44. The van der Waals surface area contributed by atoms with E-state index in [0.29, 0.717) is 41.7 Å². The molecule has 0 bridgehead atoms. The number of ketones is 1. The van der Waals surface area contributed by atoms with Crippen LogP contribution in [0.25, 0.3) is 5.76 Å². The van der Waals surface area contributed by atoms with Crippen molar-refractivity contribution in [1.82, 2.24) is 0 Å². The number of hydrogen-bond donors (Lipinski definition) is 1. The van der Waals surface area contributed by atoms with Crippen molar-refractivity contribution in [2.75, 3.05) is 18.1 Å². The summed E-state index contributed by atoms with van der Waals surface area (Å²) in [5.41, 5.74) is 3.85. The highest BCUT2D eigenvalue weighted by atomic mass is 16.5. The molecule has 0 spiro atoms. The third-order valence-electron chi connectivity index (χ3n) is 6.99. The summed E-state index contributed by atoms with van der Waals surface area (Å²) in [5, 5.41) is 11.6. The molecular formula is C33H37NO5. The molecule has 1 unspecified atom stereocenters. The Morgan fingerprint density at radius 2 is 1.49 bits per heavy atom. The first-order valence-corrected chi connectivity index (χ1v) is 13.6. The van der Waals surface area contributed by atoms with E-state index in [1.165, 1.54) is 4.90 Å². The second-order valence-corrected chi connectivity index (χ2v) is 10.3. The van der Waals surface area contributed by atoms with Gasteiger partial charge in [0.25, 0.3) is 11.7 Å². The summed E-state index contributed by atoms with van der Waals surface area (Å²) < 4.78 is 11.4. The van der Waals surface area contributed by atoms with Gasteiger partial charge in [-0.25, -0.2) is 0 Å². The van der Waals surface area contributed by atoms with Gasteiger partial charge in [-0.05, 0) is 84.8 Å². The zero-order chi connectivity index (χ0) is 28.3. The minimum atomic E-state index is -0.806. The molecule has 6 heteroatoms. The molecule has 3 aromatic carbocycles. The number of rotatable bonds is 9. The number of amides is 1. The van der Waals surface area contributed by atoms with E-state index in [9.17, 15) is 14.7 Å². The Bertz CT molecular complexity index is 1370. The lowest BCUT2D eigenvalue weighted by atomic mass is 9.93. The van der Waals surface area contributed by atoms with Gasteiger partial charge in [-0.15, -0.1) is 0 Å². The molecule has 1 aliphatic heterocycles. The third-order valence-corrected chi connectivity index (χ3v) is 6.99. The number of aliphatic hydroxyl groups excluding tert-OH is 1. The van der Waals surface area contributed by atoms with Gasteiger partial charge in [0.05, 0.1) is 24.8 Å². The Labute approximate surface area is 230 Å². The third kappa shape index (κ3) is 5.56. The van der Waals surface area contributed by atoms with Crippen molar-refractivity contribution in [1.29, 1.82) is 0 Å². The van der Waals surface area contributed by atoms with Gasteiger partial charge in [0.15, 0.2) is 0 Å². The minimum Gasteiger partial charge on any atom is -0.507 e. The van der Waals surface area contributed by atoms with E-state index in [-0.39, 0.29) is 17.3 Å². The molecule has 6 nitrogen and oxygen atoms in total. The van der Waals surface area contributed by atoms with Crippen LogP contribution >= 0.6 is 0 Å². The first kappa shape index (κ1) is 28.0. The molecule has 204 valence electrons. The Morgan fingerprint density at radius 1 is 0.846 bits per heavy atom. The van der Waals surface area contributed by atoms with Crippen LogP contribution in [0.4, 0.5) is 5.69 Å². The van der Waals surface area contributed by atoms with Gasteiger partial charge in [0.2, 0.25) is 0 Å². The normalized spacial score (nSPS) is 16.8. The van der Waals surface area contributed by atoms with Crippen molar-refractivity contribution in [3.63, 3.8) is 0 Å². The lowest BCUT2D eigenvalue weighted by molar-refractivity contribution is -0.132. The van der Waals surface area contributed by atoms with E-state index in [2.05, 4.69) is 13.8 Å². The molecule has 1 saturated heterocycles. The number of aliphatic hydroxyl groups is 1. The predicted octanol–water partition coefficient (Wildman–Crippen LogP) is 7.36. The summed E-state index contributed by atoms with van der Waals surface area (Å²) in [5.74, 6) is 0.264. The van der Waals surface area contributed by atoms with E-state index >= 15 is 0 Å². The number of hydrogen-bond acceptors (Lipinski definition) is 5. The molecule has 1 atom stereocenters. The molecule has 1 N–H and O–H groups in total. The van der Waals surface area contributed by atoms with Crippen molar-refractivity contribution < 1.29 is 24.2 Å². The van der Waals surface area contributed by atoms with E-state index in [0.717, 1.165) is 16.9 Å². The van der Waals surface area contributed by atoms with Gasteiger partial charge >= 0.3 is 0 Å². The predicted molar refractivity (Wildman–Crippen MR) is 155 cm³/mol. The van der Waals surface area contributed by atoms with Crippen LogP contribution in [0.3, 0.4) is 0 Å². The molecule has 0 radical (unpaired) electrons. The van der Waals surface area contributed by atoms with Crippen LogP contribution in [0.15, 0.2) is 72.3 Å². The summed E-state index contributed by atoms with van der Waals surface area (Å²) in [6.07, 6.45) is 0. The number of ether oxygens (including phenoxy) is 2. The molecular weight excluding hydrogens is 490 g/mol. The monoisotopic (exact) mass is 527 g/mol. The molecule has 1 amide bonds. The first-order chi connectivity index (χ1) is 18.7. The number of carbonyl (C=O) groups is 2. The van der Waals surface area contributed by atoms with Crippen molar-refractivity contribution in [3.05, 3.63) is 94.6 Å². The van der Waals surface area contributed by atoms with Crippen LogP contribution < -0.4 is 14.4 Å². The van der Waals surface area contributed by atoms with Crippen LogP contribution in [-0.2, 0) is 9.59 Å². The van der Waals surface area contributed by atoms with Crippen LogP contribution in [0.1, 0.15) is 81.7 Å². The summed E-state index contributed by atoms with van der Waals surface area (Å²) >= 11 is 0. The van der Waals surface area contributed by atoms with Crippen LogP contribution in [-0.4, -0.2) is 30.0 Å². The molecule has 4 rings (SSSR count). The summed E-state index contributed by atoms with van der Waals surface area (Å²) in [7, 11) is 0. The van der Waals surface area contributed by atoms with Gasteiger partial charge in [-0.1, -0.05) is 52.0 Å². The molecule has 1 aliphatic rings. The summed E-state index contributed by atoms with van der Waals surface area (Å²) in [6.45, 7) is 13.2. The highest BCUT2D eigenvalue weighted by molar-refractivity contribution is 6.51. The highest BCUT2D eigenvalue weighted by Gasteiger charge is 2.47. The number of carbonyl (C=O) groups excluding carboxylic acids is 2. The van der Waals surface area contributed by atoms with Crippen molar-refractivity contribution in [2.45, 2.75) is 59.4 Å². The maximum atomic E-state index is 13.6. The minimum absolute atomic E-state index is 0.0518. The maximum absolute atomic E-state index is 13.6. The van der Waals surface area contributed by atoms with Gasteiger partial charge in [-0.3, -0.25) is 14.5 Å². The van der Waals surface area contributed by atoms with E-state index in [1.807, 2.05) is 82.3 Å². The quantitative estimate of drug-likeness (QED) is 0.179. The maximum Gasteiger partial charge on any atom is 0.300 e. The highest BCUT2D eigenvalue weighted by Crippen LogP contribution is 2.43. The second kappa shape index (κ2) is 11.8. The molecule has 39 heavy (non-hydrogen) atoms. The van der Waals surface area contributed by atoms with Gasteiger partial charge in [0, 0.05) is 11.3 Å². The standard InChI is InChI=1S/C33H37NO5/c1-7-38-26-16-11-23(12-17-26)30-29(31(35)24-13-18-28(39-8-2)27(19-24)21(5)6)32(36)33(37)34(30)25-14-9-22(10-15-25)20(3)4/h9-21,30,35H,7-8H2,1-6H3/b31-29-. The van der Waals surface area contributed by atoms with Crippen LogP contribution in [0, 0.1) is 0 Å². The molecule has 1 fully saturated rings. The SMILES string of the molecule is CCOc1ccc(C2/C(=C(/O)c3ccc(OCC)c(C(C)C)c3)C(=O)C(=O)N2c2ccc(C(C)C)cc2)cc1. The number of benzene rings is 3. The summed E-state index contributed by atoms with van der Waals surface area (Å²) in [4.78, 5) is 28.6. The molecule has 0 aromatic heterocycles. The van der Waals surface area contributed by atoms with Crippen molar-refractivity contribution in [3.8, 4) is 11.5 Å². The van der Waals surface area contributed by atoms with Gasteiger partial charge < -0.3 is 14.6 Å². The zero-order valence-corrected chi connectivity index (χ0v) is 23.5. The lowest BCUT2D eigenvalue weighted by Crippen LogP contribution is -2.29. The van der Waals surface area contributed by atoms with Gasteiger partial charge in [-0.2, -0.15) is 0 Å². The fraction of sp³-hybridized carbons (Fsp3) is 0.333. The molecule has 0 aliphatic carbocycles. The first-order valence-electron chi connectivity index (χ1n) is 13.6. The summed E-state index contributed by atoms with van der Waals surface area (Å²) in [6, 6.07) is 19.5. The second-order valence-electron chi connectivity index (χ2n) is 10.3. The largest absolute Gasteiger partial charge is 0.507 e. The molecule has 0 saturated carbocycles. The fourth-order valence-corrected chi connectivity index (χ4v) is 4.94. The van der Waals surface area contributed by atoms with Crippen molar-refractivity contribution >= 4 is 23.1 Å². The average Bonchev–Trinajstić information content (AvgIpc) is 3.19. The lowest BCUT2D eigenvalue weighted by Gasteiger charge is -2.26. The Morgan fingerprint density at radius 3 is 2.05 bits per heavy atom. The smallest absolute Gasteiger partial charge is 0.300 e. The van der Waals surface area contributed by atoms with E-state index in [4.69, 9.17) is 9.47 Å². The topological polar surface area (TPSA) is 76.1 Å². The van der Waals surface area contributed by atoms with Gasteiger partial charge in [0.1, 0.15) is 17.3 Å². The van der Waals surface area contributed by atoms with E-state index in [1.54, 1.807) is 12.1 Å². The average molecular weight is 528 g/mol. The Hall–Kier alpha value is -4.06. The van der Waals surface area contributed by atoms with Crippen LogP contribution in [0.5, 0.6) is 11.5 Å². The molecule has 1 heterocycles. The zero-order valence-electron chi connectivity index (χ0n) is 23.5. The van der Waals surface area contributed by atoms with Crippen molar-refractivity contribution in [2.24, 2.45) is 0 Å². The fourth-order valence-electron chi connectivity index (χ4n) is 4.94. The number of nitrogens with zero attached hydrogens (tertiary/aromatic N) is 1. The Balaban J connectivity index is 1.89. The molecule has 3 aromatic rings. The van der Waals surface area contributed by atoms with Crippen LogP contribution in [0.2, 0.25) is 0 Å².